The molecule has 0 radical (unpaired) electrons. The van der Waals surface area contributed by atoms with Crippen LogP contribution in [0, 0.1) is 0 Å². The molecule has 0 spiro atoms. The van der Waals surface area contributed by atoms with Gasteiger partial charge in [-0.3, -0.25) is 4.79 Å². The van der Waals surface area contributed by atoms with E-state index in [2.05, 4.69) is 24.3 Å². The van der Waals surface area contributed by atoms with E-state index in [1.165, 1.54) is 22.3 Å². The highest BCUT2D eigenvalue weighted by Crippen LogP contribution is 2.44. The van der Waals surface area contributed by atoms with E-state index in [1.807, 2.05) is 24.3 Å². The molecule has 3 aromatic carbocycles. The van der Waals surface area contributed by atoms with E-state index in [0.29, 0.717) is 13.0 Å². The lowest BCUT2D eigenvalue weighted by Gasteiger charge is -2.14. The van der Waals surface area contributed by atoms with Crippen LogP contribution in [0.2, 0.25) is 0 Å². The predicted molar refractivity (Wildman–Crippen MR) is 106 cm³/mol. The molecule has 0 heterocycles. The summed E-state index contributed by atoms with van der Waals surface area (Å²) in [6.45, 7) is 0.324. The maximum atomic E-state index is 12.3. The van der Waals surface area contributed by atoms with E-state index in [1.54, 1.807) is 24.3 Å². The third kappa shape index (κ3) is 3.54. The topological polar surface area (TPSA) is 63.6 Å². The zero-order valence-electron chi connectivity index (χ0n) is 15.3. The molecule has 0 aromatic heterocycles. The average Bonchev–Trinajstić information content (AvgIpc) is 3.05. The predicted octanol–water partition coefficient (Wildman–Crippen LogP) is 4.67. The molecule has 4 nitrogen and oxygen atoms in total. The van der Waals surface area contributed by atoms with E-state index in [9.17, 15) is 9.59 Å². The summed E-state index contributed by atoms with van der Waals surface area (Å²) in [5, 5.41) is 8.93. The molecule has 0 atom stereocenters. The zero-order chi connectivity index (χ0) is 19.5. The van der Waals surface area contributed by atoms with Crippen LogP contribution in [0.1, 0.15) is 39.4 Å². The fourth-order valence-electron chi connectivity index (χ4n) is 3.75. The second-order valence-electron chi connectivity index (χ2n) is 6.91. The van der Waals surface area contributed by atoms with E-state index in [-0.39, 0.29) is 23.9 Å². The average molecular weight is 372 g/mol. The summed E-state index contributed by atoms with van der Waals surface area (Å²) in [5.74, 6) is -1.14. The molecule has 4 heteroatoms. The van der Waals surface area contributed by atoms with Crippen molar-refractivity contribution in [3.05, 3.63) is 95.1 Å². The van der Waals surface area contributed by atoms with Crippen molar-refractivity contribution in [1.82, 2.24) is 0 Å². The molecule has 0 bridgehead atoms. The number of hydrogen-bond donors (Lipinski definition) is 1. The minimum atomic E-state index is -0.955. The number of carbonyl (C=O) groups is 2. The van der Waals surface area contributed by atoms with Gasteiger partial charge in [0.25, 0.3) is 0 Å². The van der Waals surface area contributed by atoms with Gasteiger partial charge in [-0.05, 0) is 46.4 Å². The Morgan fingerprint density at radius 1 is 0.821 bits per heavy atom. The number of benzene rings is 3. The van der Waals surface area contributed by atoms with Crippen LogP contribution < -0.4 is 0 Å². The first kappa shape index (κ1) is 18.0. The van der Waals surface area contributed by atoms with Gasteiger partial charge in [-0.1, -0.05) is 60.7 Å². The van der Waals surface area contributed by atoms with Gasteiger partial charge >= 0.3 is 11.9 Å². The first-order valence-electron chi connectivity index (χ1n) is 9.29. The van der Waals surface area contributed by atoms with Crippen LogP contribution in [0.5, 0.6) is 0 Å². The molecule has 1 N–H and O–H groups in total. The SMILES string of the molecule is O=C(CCc1ccc(C(=O)O)cc1)OCC1c2ccccc2-c2ccccc21. The van der Waals surface area contributed by atoms with Crippen molar-refractivity contribution >= 4 is 11.9 Å². The summed E-state index contributed by atoms with van der Waals surface area (Å²) in [7, 11) is 0. The number of carboxylic acids is 1. The Bertz CT molecular complexity index is 975. The van der Waals surface area contributed by atoms with Crippen LogP contribution in [0.15, 0.2) is 72.8 Å². The van der Waals surface area contributed by atoms with Crippen LogP contribution in [0.4, 0.5) is 0 Å². The van der Waals surface area contributed by atoms with Gasteiger partial charge in [0, 0.05) is 12.3 Å². The molecule has 1 aliphatic rings. The van der Waals surface area contributed by atoms with E-state index in [4.69, 9.17) is 9.84 Å². The highest BCUT2D eigenvalue weighted by atomic mass is 16.5. The molecular weight excluding hydrogens is 352 g/mol. The van der Waals surface area contributed by atoms with Crippen LogP contribution in [-0.4, -0.2) is 23.7 Å². The van der Waals surface area contributed by atoms with Gasteiger partial charge in [-0.2, -0.15) is 0 Å². The Kier molecular flexibility index (Phi) is 4.94. The first-order valence-corrected chi connectivity index (χ1v) is 9.29. The number of aryl methyl sites for hydroxylation is 1. The summed E-state index contributed by atoms with van der Waals surface area (Å²) in [6, 6.07) is 23.1. The number of aromatic carboxylic acids is 1. The lowest BCUT2D eigenvalue weighted by molar-refractivity contribution is -0.143. The number of esters is 1. The van der Waals surface area contributed by atoms with Crippen LogP contribution in [0.25, 0.3) is 11.1 Å². The molecule has 4 rings (SSSR count). The molecule has 0 fully saturated rings. The molecule has 0 amide bonds. The zero-order valence-corrected chi connectivity index (χ0v) is 15.3. The summed E-state index contributed by atoms with van der Waals surface area (Å²) >= 11 is 0. The van der Waals surface area contributed by atoms with Gasteiger partial charge in [0.05, 0.1) is 5.56 Å². The summed E-state index contributed by atoms with van der Waals surface area (Å²) < 4.78 is 5.59. The van der Waals surface area contributed by atoms with Crippen molar-refractivity contribution in [3.8, 4) is 11.1 Å². The van der Waals surface area contributed by atoms with Crippen molar-refractivity contribution in [2.24, 2.45) is 0 Å². The first-order chi connectivity index (χ1) is 13.6. The highest BCUT2D eigenvalue weighted by Gasteiger charge is 2.28. The van der Waals surface area contributed by atoms with Gasteiger partial charge in [0.1, 0.15) is 6.61 Å². The fourth-order valence-corrected chi connectivity index (χ4v) is 3.75. The number of ether oxygens (including phenoxy) is 1. The largest absolute Gasteiger partial charge is 0.478 e. The maximum Gasteiger partial charge on any atom is 0.335 e. The third-order valence-electron chi connectivity index (χ3n) is 5.19. The quantitative estimate of drug-likeness (QED) is 0.639. The number of fused-ring (bicyclic) bond motifs is 3. The minimum absolute atomic E-state index is 0.0613. The third-order valence-corrected chi connectivity index (χ3v) is 5.19. The van der Waals surface area contributed by atoms with Gasteiger partial charge < -0.3 is 9.84 Å². The molecule has 28 heavy (non-hydrogen) atoms. The Morgan fingerprint density at radius 3 is 1.96 bits per heavy atom. The van der Waals surface area contributed by atoms with Gasteiger partial charge in [-0.25, -0.2) is 4.79 Å². The van der Waals surface area contributed by atoms with E-state index in [0.717, 1.165) is 5.56 Å². The maximum absolute atomic E-state index is 12.3. The second-order valence-corrected chi connectivity index (χ2v) is 6.91. The van der Waals surface area contributed by atoms with Crippen LogP contribution in [-0.2, 0) is 16.0 Å². The molecule has 140 valence electrons. The van der Waals surface area contributed by atoms with E-state index < -0.39 is 5.97 Å². The lowest BCUT2D eigenvalue weighted by Crippen LogP contribution is -2.13. The number of carbonyl (C=O) groups excluding carboxylic acids is 1. The summed E-state index contributed by atoms with van der Waals surface area (Å²) in [4.78, 5) is 23.1. The minimum Gasteiger partial charge on any atom is -0.478 e. The van der Waals surface area contributed by atoms with Crippen molar-refractivity contribution in [1.29, 1.82) is 0 Å². The number of carboxylic acid groups (broad SMARTS) is 1. The smallest absolute Gasteiger partial charge is 0.335 e. The van der Waals surface area contributed by atoms with Crippen LogP contribution in [0.3, 0.4) is 0 Å². The molecular formula is C24H20O4. The highest BCUT2D eigenvalue weighted by molar-refractivity contribution is 5.87. The van der Waals surface area contributed by atoms with Crippen molar-refractivity contribution in [2.45, 2.75) is 18.8 Å². The Labute approximate surface area is 163 Å². The van der Waals surface area contributed by atoms with Crippen molar-refractivity contribution < 1.29 is 19.4 Å². The molecule has 0 unspecified atom stereocenters. The normalized spacial score (nSPS) is 12.3. The second kappa shape index (κ2) is 7.69. The molecule has 1 aliphatic carbocycles. The van der Waals surface area contributed by atoms with Gasteiger partial charge in [0.15, 0.2) is 0 Å². The van der Waals surface area contributed by atoms with Gasteiger partial charge in [-0.15, -0.1) is 0 Å². The number of hydrogen-bond acceptors (Lipinski definition) is 3. The monoisotopic (exact) mass is 372 g/mol. The summed E-state index contributed by atoms with van der Waals surface area (Å²) in [5.41, 5.74) is 5.96. The standard InChI is InChI=1S/C24H20O4/c25-23(14-11-16-9-12-17(13-10-16)24(26)27)28-15-22-20-7-3-1-5-18(20)19-6-2-4-8-21(19)22/h1-10,12-13,22H,11,14-15H2,(H,26,27). The van der Waals surface area contributed by atoms with Gasteiger partial charge in [0.2, 0.25) is 0 Å². The molecule has 0 saturated carbocycles. The molecule has 0 aliphatic heterocycles. The lowest BCUT2D eigenvalue weighted by atomic mass is 9.98. The Hall–Kier alpha value is -3.40. The van der Waals surface area contributed by atoms with Crippen molar-refractivity contribution in [3.63, 3.8) is 0 Å². The Morgan fingerprint density at radius 2 is 1.39 bits per heavy atom. The van der Waals surface area contributed by atoms with Crippen molar-refractivity contribution in [2.75, 3.05) is 6.61 Å². The Balaban J connectivity index is 1.38. The van der Waals surface area contributed by atoms with E-state index >= 15 is 0 Å². The summed E-state index contributed by atoms with van der Waals surface area (Å²) in [6.07, 6.45) is 0.791. The fraction of sp³-hybridized carbons (Fsp3) is 0.167. The molecule has 0 saturated heterocycles. The number of rotatable bonds is 6. The molecule has 3 aromatic rings. The van der Waals surface area contributed by atoms with Crippen LogP contribution >= 0.6 is 0 Å².